The van der Waals surface area contributed by atoms with E-state index in [1.165, 1.54) is 16.8 Å². The molecule has 6 nitrogen and oxygen atoms in total. The monoisotopic (exact) mass is 389 g/mol. The topological polar surface area (TPSA) is 53.5 Å². The molecule has 0 spiro atoms. The lowest BCUT2D eigenvalue weighted by molar-refractivity contribution is 0.415. The smallest absolute Gasteiger partial charge is 0.135 e. The first kappa shape index (κ1) is 19.1. The average molecular weight is 390 g/mol. The molecule has 6 heteroatoms. The standard InChI is InChI=1S/C23H27N5O/c1-17-5-4-6-21(18(17)2)26-22-15-23(25-16-24-22)28-13-11-27(12-14-28)19-7-9-20(29-3)10-8-19/h4-10,15-16H,11-14H2,1-3H3,(H,24,25,26). The van der Waals surface area contributed by atoms with E-state index in [4.69, 9.17) is 4.74 Å². The van der Waals surface area contributed by atoms with Crippen molar-refractivity contribution in [2.75, 3.05) is 48.4 Å². The highest BCUT2D eigenvalue weighted by molar-refractivity contribution is 5.64. The fraction of sp³-hybridized carbons (Fsp3) is 0.304. The Balaban J connectivity index is 1.42. The summed E-state index contributed by atoms with van der Waals surface area (Å²) in [5, 5.41) is 3.44. The lowest BCUT2D eigenvalue weighted by Crippen LogP contribution is -2.46. The van der Waals surface area contributed by atoms with Crippen molar-refractivity contribution < 1.29 is 4.74 Å². The fourth-order valence-electron chi connectivity index (χ4n) is 3.60. The minimum absolute atomic E-state index is 0.821. The molecule has 4 rings (SSSR count). The molecule has 1 fully saturated rings. The third-order valence-corrected chi connectivity index (χ3v) is 5.56. The number of rotatable bonds is 5. The van der Waals surface area contributed by atoms with Gasteiger partial charge in [0.25, 0.3) is 0 Å². The van der Waals surface area contributed by atoms with Crippen LogP contribution >= 0.6 is 0 Å². The maximum atomic E-state index is 5.25. The maximum absolute atomic E-state index is 5.25. The highest BCUT2D eigenvalue weighted by Gasteiger charge is 2.19. The predicted molar refractivity (Wildman–Crippen MR) is 119 cm³/mol. The third-order valence-electron chi connectivity index (χ3n) is 5.56. The molecule has 1 N–H and O–H groups in total. The molecule has 0 unspecified atom stereocenters. The Kier molecular flexibility index (Phi) is 5.51. The van der Waals surface area contributed by atoms with Crippen molar-refractivity contribution in [2.24, 2.45) is 0 Å². The van der Waals surface area contributed by atoms with Crippen LogP contribution in [0.4, 0.5) is 23.0 Å². The zero-order chi connectivity index (χ0) is 20.2. The highest BCUT2D eigenvalue weighted by atomic mass is 16.5. The van der Waals surface area contributed by atoms with Gasteiger partial charge in [-0.25, -0.2) is 9.97 Å². The van der Waals surface area contributed by atoms with Crippen LogP contribution < -0.4 is 19.9 Å². The van der Waals surface area contributed by atoms with Crippen LogP contribution in [0.15, 0.2) is 54.9 Å². The second kappa shape index (κ2) is 8.39. The molecule has 0 aliphatic carbocycles. The van der Waals surface area contributed by atoms with Crippen molar-refractivity contribution in [3.8, 4) is 5.75 Å². The quantitative estimate of drug-likeness (QED) is 0.707. The summed E-state index contributed by atoms with van der Waals surface area (Å²) in [6.07, 6.45) is 1.64. The summed E-state index contributed by atoms with van der Waals surface area (Å²) in [5.74, 6) is 2.67. The number of hydrogen-bond acceptors (Lipinski definition) is 6. The van der Waals surface area contributed by atoms with Crippen LogP contribution in [-0.2, 0) is 0 Å². The SMILES string of the molecule is COc1ccc(N2CCN(c3cc(Nc4cccc(C)c4C)ncn3)CC2)cc1. The second-order valence-corrected chi connectivity index (χ2v) is 7.31. The van der Waals surface area contributed by atoms with Gasteiger partial charge in [0.1, 0.15) is 23.7 Å². The van der Waals surface area contributed by atoms with Crippen molar-refractivity contribution in [3.05, 3.63) is 66.0 Å². The molecular weight excluding hydrogens is 362 g/mol. The van der Waals surface area contributed by atoms with Crippen molar-refractivity contribution in [1.29, 1.82) is 0 Å². The van der Waals surface area contributed by atoms with E-state index < -0.39 is 0 Å². The van der Waals surface area contributed by atoms with Gasteiger partial charge in [-0.3, -0.25) is 0 Å². The predicted octanol–water partition coefficient (Wildman–Crippen LogP) is 4.17. The summed E-state index contributed by atoms with van der Waals surface area (Å²) in [5.41, 5.74) is 4.81. The van der Waals surface area contributed by atoms with E-state index in [2.05, 4.69) is 69.3 Å². The molecule has 0 radical (unpaired) electrons. The van der Waals surface area contributed by atoms with Gasteiger partial charge in [0, 0.05) is 43.6 Å². The first-order valence-corrected chi connectivity index (χ1v) is 9.93. The molecule has 1 aliphatic rings. The fourth-order valence-corrected chi connectivity index (χ4v) is 3.60. The minimum atomic E-state index is 0.821. The van der Waals surface area contributed by atoms with E-state index in [0.717, 1.165) is 49.3 Å². The summed E-state index contributed by atoms with van der Waals surface area (Å²) in [6, 6.07) is 16.5. The molecular formula is C23H27N5O. The summed E-state index contributed by atoms with van der Waals surface area (Å²) in [6.45, 7) is 8.00. The summed E-state index contributed by atoms with van der Waals surface area (Å²) >= 11 is 0. The zero-order valence-corrected chi connectivity index (χ0v) is 17.2. The third kappa shape index (κ3) is 4.26. The van der Waals surface area contributed by atoms with E-state index >= 15 is 0 Å². The Morgan fingerprint density at radius 1 is 0.897 bits per heavy atom. The number of benzene rings is 2. The lowest BCUT2D eigenvalue weighted by Gasteiger charge is -2.36. The van der Waals surface area contributed by atoms with Crippen molar-refractivity contribution in [2.45, 2.75) is 13.8 Å². The molecule has 0 amide bonds. The Labute approximate surface area is 172 Å². The Hall–Kier alpha value is -3.28. The van der Waals surface area contributed by atoms with Crippen molar-refractivity contribution in [3.63, 3.8) is 0 Å². The second-order valence-electron chi connectivity index (χ2n) is 7.31. The summed E-state index contributed by atoms with van der Waals surface area (Å²) in [7, 11) is 1.69. The number of nitrogens with one attached hydrogen (secondary N) is 1. The molecule has 1 saturated heterocycles. The van der Waals surface area contributed by atoms with Gasteiger partial charge in [0.2, 0.25) is 0 Å². The molecule has 2 heterocycles. The zero-order valence-electron chi connectivity index (χ0n) is 17.2. The molecule has 0 saturated carbocycles. The van der Waals surface area contributed by atoms with Crippen LogP contribution in [0.25, 0.3) is 0 Å². The largest absolute Gasteiger partial charge is 0.497 e. The molecule has 2 aromatic carbocycles. The van der Waals surface area contributed by atoms with Crippen molar-refractivity contribution >= 4 is 23.0 Å². The molecule has 29 heavy (non-hydrogen) atoms. The van der Waals surface area contributed by atoms with E-state index in [-0.39, 0.29) is 0 Å². The molecule has 1 aliphatic heterocycles. The number of anilines is 4. The van der Waals surface area contributed by atoms with Crippen LogP contribution in [-0.4, -0.2) is 43.3 Å². The number of piperazine rings is 1. The number of aromatic nitrogens is 2. The van der Waals surface area contributed by atoms with Crippen LogP contribution in [0, 0.1) is 13.8 Å². The Morgan fingerprint density at radius 3 is 2.34 bits per heavy atom. The molecule has 150 valence electrons. The first-order valence-electron chi connectivity index (χ1n) is 9.93. The Bertz CT molecular complexity index is 965. The van der Waals surface area contributed by atoms with Gasteiger partial charge < -0.3 is 19.9 Å². The number of hydrogen-bond donors (Lipinski definition) is 1. The van der Waals surface area contributed by atoms with Crippen LogP contribution in [0.1, 0.15) is 11.1 Å². The van der Waals surface area contributed by atoms with Crippen LogP contribution in [0.3, 0.4) is 0 Å². The molecule has 3 aromatic rings. The minimum Gasteiger partial charge on any atom is -0.497 e. The van der Waals surface area contributed by atoms with E-state index in [1.807, 2.05) is 18.2 Å². The number of ether oxygens (including phenoxy) is 1. The van der Waals surface area contributed by atoms with E-state index in [1.54, 1.807) is 13.4 Å². The maximum Gasteiger partial charge on any atom is 0.135 e. The molecule has 0 atom stereocenters. The van der Waals surface area contributed by atoms with Gasteiger partial charge in [0.15, 0.2) is 0 Å². The highest BCUT2D eigenvalue weighted by Crippen LogP contribution is 2.25. The molecule has 1 aromatic heterocycles. The van der Waals surface area contributed by atoms with Gasteiger partial charge in [-0.2, -0.15) is 0 Å². The van der Waals surface area contributed by atoms with Gasteiger partial charge in [-0.1, -0.05) is 12.1 Å². The summed E-state index contributed by atoms with van der Waals surface area (Å²) < 4.78 is 5.25. The molecule has 0 bridgehead atoms. The number of methoxy groups -OCH3 is 1. The van der Waals surface area contributed by atoms with Gasteiger partial charge in [0.05, 0.1) is 7.11 Å². The van der Waals surface area contributed by atoms with E-state index in [0.29, 0.717) is 0 Å². The van der Waals surface area contributed by atoms with Crippen molar-refractivity contribution in [1.82, 2.24) is 9.97 Å². The summed E-state index contributed by atoms with van der Waals surface area (Å²) in [4.78, 5) is 13.6. The first-order chi connectivity index (χ1) is 14.1. The van der Waals surface area contributed by atoms with Crippen LogP contribution in [0.5, 0.6) is 5.75 Å². The Morgan fingerprint density at radius 2 is 1.62 bits per heavy atom. The van der Waals surface area contributed by atoms with E-state index in [9.17, 15) is 0 Å². The van der Waals surface area contributed by atoms with Gasteiger partial charge in [-0.15, -0.1) is 0 Å². The van der Waals surface area contributed by atoms with Gasteiger partial charge in [-0.05, 0) is 55.3 Å². The average Bonchev–Trinajstić information content (AvgIpc) is 2.77. The number of aryl methyl sites for hydroxylation is 1. The normalized spacial score (nSPS) is 14.0. The number of nitrogens with zero attached hydrogens (tertiary/aromatic N) is 4. The van der Waals surface area contributed by atoms with Gasteiger partial charge >= 0.3 is 0 Å². The van der Waals surface area contributed by atoms with Crippen LogP contribution in [0.2, 0.25) is 0 Å². The lowest BCUT2D eigenvalue weighted by atomic mass is 10.1.